The minimum atomic E-state index is -4.54. The highest BCUT2D eigenvalue weighted by Gasteiger charge is 2.35. The van der Waals surface area contributed by atoms with Crippen molar-refractivity contribution < 1.29 is 22.7 Å². The third-order valence-corrected chi connectivity index (χ3v) is 9.12. The first-order chi connectivity index (χ1) is 18.4. The fourth-order valence-corrected chi connectivity index (χ4v) is 5.91. The van der Waals surface area contributed by atoms with Gasteiger partial charge >= 0.3 is 6.18 Å². The third kappa shape index (κ3) is 8.11. The van der Waals surface area contributed by atoms with E-state index in [1.165, 1.54) is 10.1 Å². The molecule has 1 saturated carbocycles. The Bertz CT molecular complexity index is 1240. The van der Waals surface area contributed by atoms with Gasteiger partial charge in [0.25, 0.3) is 0 Å². The van der Waals surface area contributed by atoms with Crippen molar-refractivity contribution in [2.75, 3.05) is 6.61 Å². The number of ether oxygens (including phenoxy) is 1. The lowest BCUT2D eigenvalue weighted by Crippen LogP contribution is -2.22. The fraction of sp³-hybridized carbons (Fsp3) is 0.500. The second-order valence-electron chi connectivity index (χ2n) is 11.9. The van der Waals surface area contributed by atoms with Crippen LogP contribution in [0.15, 0.2) is 48.8 Å². The summed E-state index contributed by atoms with van der Waals surface area (Å²) < 4.78 is 47.4. The Morgan fingerprint density at radius 2 is 1.69 bits per heavy atom. The molecule has 2 aromatic heterocycles. The second kappa shape index (κ2) is 12.2. The van der Waals surface area contributed by atoms with Crippen LogP contribution in [0.25, 0.3) is 22.6 Å². The maximum Gasteiger partial charge on any atom is 0.434 e. The van der Waals surface area contributed by atoms with Crippen LogP contribution < -0.4 is 0 Å². The van der Waals surface area contributed by atoms with Crippen molar-refractivity contribution in [3.8, 4) is 22.6 Å². The molecule has 4 rings (SSSR count). The smallest absolute Gasteiger partial charge is 0.361 e. The summed E-state index contributed by atoms with van der Waals surface area (Å²) in [6.07, 6.45) is 3.09. The first-order valence-electron chi connectivity index (χ1n) is 13.7. The number of Topliss-reactive ketones (excluding diaryl/α,β-unsaturated/α-hetero) is 1. The summed E-state index contributed by atoms with van der Waals surface area (Å²) in [4.78, 5) is 19.8. The van der Waals surface area contributed by atoms with Crippen LogP contribution in [0.4, 0.5) is 13.2 Å². The summed E-state index contributed by atoms with van der Waals surface area (Å²) in [7, 11) is -1.31. The number of carbonyl (C=O) groups is 1. The zero-order valence-corrected chi connectivity index (χ0v) is 24.2. The summed E-state index contributed by atoms with van der Waals surface area (Å²) in [5.41, 5.74) is 2.55. The second-order valence-corrected chi connectivity index (χ2v) is 17.6. The molecule has 3 aromatic rings. The van der Waals surface area contributed by atoms with Gasteiger partial charge in [-0.3, -0.25) is 4.98 Å². The molecule has 0 radical (unpaired) electrons. The van der Waals surface area contributed by atoms with E-state index in [-0.39, 0.29) is 18.3 Å². The first-order valence-corrected chi connectivity index (χ1v) is 17.4. The summed E-state index contributed by atoms with van der Waals surface area (Å²) in [6.45, 7) is 8.85. The number of aromatic nitrogens is 3. The van der Waals surface area contributed by atoms with Gasteiger partial charge in [0.1, 0.15) is 18.3 Å². The Kier molecular flexibility index (Phi) is 9.11. The number of ketones is 1. The van der Waals surface area contributed by atoms with Crippen molar-refractivity contribution in [2.24, 2.45) is 5.92 Å². The molecule has 39 heavy (non-hydrogen) atoms. The molecule has 0 unspecified atom stereocenters. The van der Waals surface area contributed by atoms with Crippen molar-refractivity contribution in [3.63, 3.8) is 0 Å². The van der Waals surface area contributed by atoms with Crippen LogP contribution in [0.3, 0.4) is 0 Å². The van der Waals surface area contributed by atoms with E-state index in [1.54, 1.807) is 19.2 Å². The lowest BCUT2D eigenvalue weighted by atomic mass is 9.77. The van der Waals surface area contributed by atoms with Crippen LogP contribution in [0.1, 0.15) is 56.2 Å². The van der Waals surface area contributed by atoms with Gasteiger partial charge in [-0.1, -0.05) is 43.9 Å². The van der Waals surface area contributed by atoms with E-state index in [9.17, 15) is 18.0 Å². The highest BCUT2D eigenvalue weighted by atomic mass is 28.3. The molecular formula is C30H38F3N3O2Si. The maximum absolute atomic E-state index is 13.4. The van der Waals surface area contributed by atoms with Gasteiger partial charge < -0.3 is 14.1 Å². The van der Waals surface area contributed by atoms with Gasteiger partial charge in [0, 0.05) is 44.6 Å². The Balaban J connectivity index is 1.44. The van der Waals surface area contributed by atoms with Crippen molar-refractivity contribution in [1.82, 2.24) is 14.5 Å². The van der Waals surface area contributed by atoms with Crippen molar-refractivity contribution >= 4 is 13.9 Å². The topological polar surface area (TPSA) is 57.0 Å². The van der Waals surface area contributed by atoms with E-state index in [1.807, 2.05) is 18.2 Å². The third-order valence-electron chi connectivity index (χ3n) is 7.42. The standard InChI is InChI=1S/C30H38F3N3O2Si/c1-21(37)17-22-5-7-23(8-6-22)24-9-11-25(12-10-24)27-14-13-26(18-34-27)29-35-28(30(31,32)33)19-36(29)20-38-15-16-39(2,3)4/h9-14,18-19,22-23H,5-8,15-17,20H2,1-4H3. The number of nitrogens with zero attached hydrogens (tertiary/aromatic N) is 3. The van der Waals surface area contributed by atoms with Gasteiger partial charge in [-0.05, 0) is 68.2 Å². The lowest BCUT2D eigenvalue weighted by Gasteiger charge is -2.28. The number of hydrogen-bond donors (Lipinski definition) is 0. The van der Waals surface area contributed by atoms with Gasteiger partial charge in [-0.15, -0.1) is 0 Å². The van der Waals surface area contributed by atoms with Crippen molar-refractivity contribution in [3.05, 3.63) is 60.0 Å². The average Bonchev–Trinajstić information content (AvgIpc) is 3.31. The van der Waals surface area contributed by atoms with E-state index in [4.69, 9.17) is 4.74 Å². The van der Waals surface area contributed by atoms with E-state index in [2.05, 4.69) is 41.7 Å². The van der Waals surface area contributed by atoms with Crippen molar-refractivity contribution in [2.45, 2.75) is 83.5 Å². The summed E-state index contributed by atoms with van der Waals surface area (Å²) >= 11 is 0. The van der Waals surface area contributed by atoms with Crippen molar-refractivity contribution in [1.29, 1.82) is 0 Å². The molecule has 210 valence electrons. The van der Waals surface area contributed by atoms with Crippen LogP contribution in [-0.4, -0.2) is 35.0 Å². The minimum Gasteiger partial charge on any atom is -0.361 e. The molecule has 9 heteroatoms. The Hall–Kier alpha value is -2.78. The molecule has 1 aliphatic rings. The molecule has 1 aromatic carbocycles. The Labute approximate surface area is 229 Å². The van der Waals surface area contributed by atoms with Crippen LogP contribution in [-0.2, 0) is 22.4 Å². The molecule has 5 nitrogen and oxygen atoms in total. The molecule has 1 fully saturated rings. The van der Waals surface area contributed by atoms with Gasteiger partial charge in [0.2, 0.25) is 0 Å². The highest BCUT2D eigenvalue weighted by Crippen LogP contribution is 2.38. The molecule has 0 bridgehead atoms. The summed E-state index contributed by atoms with van der Waals surface area (Å²) in [5, 5.41) is 0. The number of alkyl halides is 3. The number of benzene rings is 1. The zero-order valence-electron chi connectivity index (χ0n) is 23.2. The van der Waals surface area contributed by atoms with Crippen LogP contribution in [0, 0.1) is 5.92 Å². The van der Waals surface area contributed by atoms with Crippen LogP contribution in [0.2, 0.25) is 25.7 Å². The zero-order chi connectivity index (χ0) is 28.2. The van der Waals surface area contributed by atoms with Crippen LogP contribution >= 0.6 is 0 Å². The minimum absolute atomic E-state index is 0.00275. The van der Waals surface area contributed by atoms with E-state index >= 15 is 0 Å². The molecule has 0 aliphatic heterocycles. The molecule has 1 aliphatic carbocycles. The first kappa shape index (κ1) is 29.2. The number of hydrogen-bond acceptors (Lipinski definition) is 4. The predicted octanol–water partition coefficient (Wildman–Crippen LogP) is 8.20. The van der Waals surface area contributed by atoms with E-state index < -0.39 is 19.9 Å². The van der Waals surface area contributed by atoms with E-state index in [0.717, 1.165) is 49.2 Å². The summed E-state index contributed by atoms with van der Waals surface area (Å²) in [6, 6.07) is 12.9. The van der Waals surface area contributed by atoms with Gasteiger partial charge in [0.05, 0.1) is 5.69 Å². The number of halogens is 3. The predicted molar refractivity (Wildman–Crippen MR) is 150 cm³/mol. The number of imidazole rings is 1. The number of carbonyl (C=O) groups excluding carboxylic acids is 1. The average molecular weight is 558 g/mol. The fourth-order valence-electron chi connectivity index (χ4n) is 5.15. The maximum atomic E-state index is 13.4. The van der Waals surface area contributed by atoms with E-state index in [0.29, 0.717) is 30.4 Å². The van der Waals surface area contributed by atoms with Crippen LogP contribution in [0.5, 0.6) is 0 Å². The summed E-state index contributed by atoms with van der Waals surface area (Å²) in [5.74, 6) is 1.48. The molecule has 0 N–H and O–H groups in total. The monoisotopic (exact) mass is 557 g/mol. The van der Waals surface area contributed by atoms with Gasteiger partial charge in [-0.2, -0.15) is 13.2 Å². The van der Waals surface area contributed by atoms with Gasteiger partial charge in [0.15, 0.2) is 5.69 Å². The molecule has 0 spiro atoms. The largest absolute Gasteiger partial charge is 0.434 e. The Morgan fingerprint density at radius 3 is 2.26 bits per heavy atom. The molecule has 2 heterocycles. The number of rotatable bonds is 10. The number of pyridine rings is 1. The quantitative estimate of drug-likeness (QED) is 0.186. The molecule has 0 atom stereocenters. The lowest BCUT2D eigenvalue weighted by molar-refractivity contribution is -0.141. The van der Waals surface area contributed by atoms with Gasteiger partial charge in [-0.25, -0.2) is 4.98 Å². The Morgan fingerprint density at radius 1 is 1.03 bits per heavy atom. The normalized spacial score (nSPS) is 18.3. The molecular weight excluding hydrogens is 519 g/mol. The SMILES string of the molecule is CC(=O)CC1CCC(c2ccc(-c3ccc(-c4nc(C(F)(F)F)cn4COCC[Si](C)(C)C)cn3)cc2)CC1. The molecule has 0 amide bonds. The highest BCUT2D eigenvalue weighted by molar-refractivity contribution is 6.76. The molecule has 0 saturated heterocycles.